The first kappa shape index (κ1) is 29.2. The van der Waals surface area contributed by atoms with Crippen LogP contribution in [-0.2, 0) is 20.9 Å². The van der Waals surface area contributed by atoms with E-state index < -0.39 is 23.8 Å². The molecule has 2 aliphatic rings. The van der Waals surface area contributed by atoms with Crippen molar-refractivity contribution in [1.29, 1.82) is 0 Å². The van der Waals surface area contributed by atoms with E-state index in [0.717, 1.165) is 27.6 Å². The van der Waals surface area contributed by atoms with Gasteiger partial charge in [0.2, 0.25) is 17.7 Å². The zero-order valence-corrected chi connectivity index (χ0v) is 24.6. The molecule has 4 aromatic rings. The van der Waals surface area contributed by atoms with Crippen LogP contribution in [0.5, 0.6) is 0 Å². The first-order valence-electron chi connectivity index (χ1n) is 14.8. The van der Waals surface area contributed by atoms with E-state index in [1.54, 1.807) is 40.2 Å². The van der Waals surface area contributed by atoms with Crippen molar-refractivity contribution in [3.8, 4) is 11.1 Å². The number of rotatable bonds is 7. The summed E-state index contributed by atoms with van der Waals surface area (Å²) >= 11 is 0. The smallest absolute Gasteiger partial charge is 0.249 e. The Kier molecular flexibility index (Phi) is 7.94. The minimum Gasteiger partial charge on any atom is -0.342 e. The normalized spacial score (nSPS) is 18.6. The van der Waals surface area contributed by atoms with Crippen molar-refractivity contribution in [3.63, 3.8) is 0 Å². The highest BCUT2D eigenvalue weighted by Crippen LogP contribution is 2.29. The number of likely N-dealkylation sites (tertiary alicyclic amines) is 1. The predicted molar refractivity (Wildman–Crippen MR) is 162 cm³/mol. The van der Waals surface area contributed by atoms with Crippen molar-refractivity contribution >= 4 is 40.1 Å². The lowest BCUT2D eigenvalue weighted by atomic mass is 10.0. The van der Waals surface area contributed by atoms with Gasteiger partial charge in [-0.15, -0.1) is 0 Å². The number of amides is 3. The van der Waals surface area contributed by atoms with E-state index in [9.17, 15) is 23.6 Å². The molecule has 2 aromatic carbocycles. The monoisotopic (exact) mass is 596 g/mol. The summed E-state index contributed by atoms with van der Waals surface area (Å²) in [6.45, 7) is 4.05. The van der Waals surface area contributed by atoms with Gasteiger partial charge in [-0.2, -0.15) is 10.2 Å². The average Bonchev–Trinajstić information content (AvgIpc) is 3.66. The Labute approximate surface area is 253 Å². The summed E-state index contributed by atoms with van der Waals surface area (Å²) in [7, 11) is 0. The fourth-order valence-electron chi connectivity index (χ4n) is 6.27. The first-order chi connectivity index (χ1) is 21.2. The molecule has 2 fully saturated rings. The second kappa shape index (κ2) is 12.0. The molecule has 3 amide bonds. The van der Waals surface area contributed by atoms with Crippen molar-refractivity contribution < 1.29 is 23.6 Å². The van der Waals surface area contributed by atoms with E-state index in [1.807, 2.05) is 31.2 Å². The van der Waals surface area contributed by atoms with Gasteiger partial charge in [0.15, 0.2) is 5.78 Å². The van der Waals surface area contributed by atoms with Crippen LogP contribution in [0.2, 0.25) is 0 Å². The Morgan fingerprint density at radius 1 is 1.00 bits per heavy atom. The van der Waals surface area contributed by atoms with Crippen LogP contribution in [0.1, 0.15) is 48.5 Å². The number of piperidine rings is 1. The molecule has 2 aromatic heterocycles. The van der Waals surface area contributed by atoms with Gasteiger partial charge in [-0.05, 0) is 81.0 Å². The van der Waals surface area contributed by atoms with Crippen molar-refractivity contribution in [1.82, 2.24) is 25.0 Å². The number of aryl methyl sites for hydroxylation is 1. The maximum atomic E-state index is 14.6. The number of nitrogens with zero attached hydrogens (tertiary/aromatic N) is 5. The molecule has 11 heteroatoms. The lowest BCUT2D eigenvalue weighted by Gasteiger charge is -2.34. The quantitative estimate of drug-likeness (QED) is 0.322. The minimum absolute atomic E-state index is 0.0491. The Bertz CT molecular complexity index is 1770. The molecule has 1 N–H and O–H groups in total. The lowest BCUT2D eigenvalue weighted by Crippen LogP contribution is -2.56. The maximum absolute atomic E-state index is 14.6. The zero-order chi connectivity index (χ0) is 31.0. The van der Waals surface area contributed by atoms with Gasteiger partial charge in [-0.1, -0.05) is 12.1 Å². The summed E-state index contributed by atoms with van der Waals surface area (Å²) < 4.78 is 16.3. The van der Waals surface area contributed by atoms with Gasteiger partial charge in [-0.25, -0.2) is 4.39 Å². The third-order valence-corrected chi connectivity index (χ3v) is 8.51. The standard InChI is InChI=1S/C33H33FN6O4/c1-20-7-9-26(34)30(15-20)40-14-3-5-27(33(40)44)37-32(43)29-6-4-13-39(29)31(42)19-38-18-25(21(2)41)24-16-22(8-10-28(24)38)23-11-12-35-36-17-23/h7-12,15-18,27,29H,3-6,13-14,19H2,1-2H3,(H,37,43)/t27?,29-/m0/s1. The molecule has 44 heavy (non-hydrogen) atoms. The van der Waals surface area contributed by atoms with Gasteiger partial charge >= 0.3 is 0 Å². The third kappa shape index (κ3) is 5.57. The molecule has 2 atom stereocenters. The zero-order valence-electron chi connectivity index (χ0n) is 24.6. The number of ketones is 1. The predicted octanol–water partition coefficient (Wildman–Crippen LogP) is 4.05. The van der Waals surface area contributed by atoms with Crippen molar-refractivity contribution in [2.45, 2.75) is 58.2 Å². The highest BCUT2D eigenvalue weighted by atomic mass is 19.1. The number of hydrogen-bond donors (Lipinski definition) is 1. The van der Waals surface area contributed by atoms with Gasteiger partial charge in [-0.3, -0.25) is 19.2 Å². The van der Waals surface area contributed by atoms with Gasteiger partial charge in [0.1, 0.15) is 24.4 Å². The van der Waals surface area contributed by atoms with Crippen molar-refractivity contribution in [2.75, 3.05) is 18.0 Å². The number of benzene rings is 2. The van der Waals surface area contributed by atoms with Crippen LogP contribution in [0, 0.1) is 12.7 Å². The Balaban J connectivity index is 1.18. The molecule has 2 saturated heterocycles. The van der Waals surface area contributed by atoms with E-state index >= 15 is 0 Å². The fraction of sp³-hybridized carbons (Fsp3) is 0.333. The van der Waals surface area contributed by atoms with Gasteiger partial charge < -0.3 is 19.7 Å². The van der Waals surface area contributed by atoms with E-state index in [4.69, 9.17) is 0 Å². The van der Waals surface area contributed by atoms with E-state index in [2.05, 4.69) is 15.5 Å². The van der Waals surface area contributed by atoms with Gasteiger partial charge in [0.05, 0.1) is 18.1 Å². The lowest BCUT2D eigenvalue weighted by molar-refractivity contribution is -0.139. The Hall–Kier alpha value is -4.93. The van der Waals surface area contributed by atoms with Crippen LogP contribution >= 0.6 is 0 Å². The molecule has 0 spiro atoms. The molecule has 0 radical (unpaired) electrons. The summed E-state index contributed by atoms with van der Waals surface area (Å²) in [6, 6.07) is 10.6. The number of fused-ring (bicyclic) bond motifs is 1. The number of halogens is 1. The molecule has 1 unspecified atom stereocenters. The summed E-state index contributed by atoms with van der Waals surface area (Å²) in [4.78, 5) is 55.9. The Morgan fingerprint density at radius 3 is 2.59 bits per heavy atom. The van der Waals surface area contributed by atoms with Crippen LogP contribution in [0.15, 0.2) is 61.1 Å². The molecule has 2 aliphatic heterocycles. The first-order valence-corrected chi connectivity index (χ1v) is 14.8. The highest BCUT2D eigenvalue weighted by Gasteiger charge is 2.38. The van der Waals surface area contributed by atoms with Crippen LogP contribution < -0.4 is 10.2 Å². The molecule has 6 rings (SSSR count). The number of carbonyl (C=O) groups excluding carboxylic acids is 4. The van der Waals surface area contributed by atoms with E-state index in [-0.39, 0.29) is 29.8 Å². The SMILES string of the molecule is CC(=O)c1cn(CC(=O)N2CCC[C@H]2C(=O)NC2CCCN(c3cc(C)ccc3F)C2=O)c2ccc(-c3ccnnc3)cc12. The second-order valence-corrected chi connectivity index (χ2v) is 11.5. The summed E-state index contributed by atoms with van der Waals surface area (Å²) in [6.07, 6.45) is 7.10. The van der Waals surface area contributed by atoms with Crippen molar-refractivity contribution in [3.05, 3.63) is 78.0 Å². The Morgan fingerprint density at radius 2 is 1.82 bits per heavy atom. The third-order valence-electron chi connectivity index (χ3n) is 8.51. The average molecular weight is 597 g/mol. The number of Topliss-reactive ketones (excluding diaryl/α,β-unsaturated/α-hetero) is 1. The number of hydrogen-bond acceptors (Lipinski definition) is 6. The highest BCUT2D eigenvalue weighted by molar-refractivity contribution is 6.08. The van der Waals surface area contributed by atoms with Crippen LogP contribution in [0.3, 0.4) is 0 Å². The maximum Gasteiger partial charge on any atom is 0.249 e. The molecular weight excluding hydrogens is 563 g/mol. The molecule has 4 heterocycles. The summed E-state index contributed by atoms with van der Waals surface area (Å²) in [5, 5.41) is 11.3. The van der Waals surface area contributed by atoms with Crippen LogP contribution in [0.25, 0.3) is 22.0 Å². The van der Waals surface area contributed by atoms with Crippen LogP contribution in [0.4, 0.5) is 10.1 Å². The topological polar surface area (TPSA) is 118 Å². The molecule has 10 nitrogen and oxygen atoms in total. The molecule has 226 valence electrons. The molecule has 0 bridgehead atoms. The van der Waals surface area contributed by atoms with E-state index in [1.165, 1.54) is 17.9 Å². The minimum atomic E-state index is -0.801. The number of anilines is 1. The van der Waals surface area contributed by atoms with Gasteiger partial charge in [0.25, 0.3) is 0 Å². The summed E-state index contributed by atoms with van der Waals surface area (Å²) in [5.41, 5.74) is 3.99. The summed E-state index contributed by atoms with van der Waals surface area (Å²) in [5.74, 6) is -1.61. The number of aromatic nitrogens is 3. The van der Waals surface area contributed by atoms with Crippen molar-refractivity contribution in [2.24, 2.45) is 0 Å². The fourth-order valence-corrected chi connectivity index (χ4v) is 6.27. The van der Waals surface area contributed by atoms with E-state index in [0.29, 0.717) is 44.3 Å². The molecule has 0 saturated carbocycles. The molecular formula is C33H33FN6O4. The molecule has 0 aliphatic carbocycles. The number of nitrogens with one attached hydrogen (secondary N) is 1. The van der Waals surface area contributed by atoms with Crippen LogP contribution in [-0.4, -0.2) is 68.3 Å². The largest absolute Gasteiger partial charge is 0.342 e. The number of carbonyl (C=O) groups is 4. The second-order valence-electron chi connectivity index (χ2n) is 11.5. The van der Waals surface area contributed by atoms with Gasteiger partial charge in [0, 0.05) is 41.3 Å².